The first-order chi connectivity index (χ1) is 14.9. The zero-order valence-electron chi connectivity index (χ0n) is 18.6. The normalized spacial score (nSPS) is 12.4. The van der Waals surface area contributed by atoms with Gasteiger partial charge in [0.25, 0.3) is 5.91 Å². The van der Waals surface area contributed by atoms with Crippen LogP contribution < -0.4 is 10.8 Å². The summed E-state index contributed by atoms with van der Waals surface area (Å²) in [4.78, 5) is 20.6. The van der Waals surface area contributed by atoms with E-state index in [9.17, 15) is 4.79 Å². The second kappa shape index (κ2) is 10.4. The number of carbonyl (C=O) groups is 1. The van der Waals surface area contributed by atoms with Crippen LogP contribution in [0.5, 0.6) is 0 Å². The minimum absolute atomic E-state index is 0.0466. The van der Waals surface area contributed by atoms with E-state index in [2.05, 4.69) is 22.9 Å². The fourth-order valence-corrected chi connectivity index (χ4v) is 3.42. The molecule has 0 saturated carbocycles. The Bertz CT molecular complexity index is 957. The number of hydroxylamine groups is 1. The van der Waals surface area contributed by atoms with Crippen molar-refractivity contribution >= 4 is 5.91 Å². The van der Waals surface area contributed by atoms with Crippen molar-refractivity contribution in [2.75, 3.05) is 14.1 Å². The third kappa shape index (κ3) is 5.58. The lowest BCUT2D eigenvalue weighted by molar-refractivity contribution is -0.0422. The number of rotatable bonds is 9. The molecule has 1 atom stereocenters. The van der Waals surface area contributed by atoms with Crippen molar-refractivity contribution < 1.29 is 9.63 Å². The van der Waals surface area contributed by atoms with Crippen LogP contribution in [0, 0.1) is 0 Å². The van der Waals surface area contributed by atoms with E-state index in [0.717, 1.165) is 16.7 Å². The number of benzene rings is 3. The van der Waals surface area contributed by atoms with Gasteiger partial charge in [0, 0.05) is 12.6 Å². The van der Waals surface area contributed by atoms with Crippen LogP contribution in [0.3, 0.4) is 0 Å². The average molecular weight is 418 g/mol. The van der Waals surface area contributed by atoms with Crippen molar-refractivity contribution in [3.05, 3.63) is 96.1 Å². The molecule has 1 amide bonds. The molecule has 3 aromatic carbocycles. The maximum Gasteiger partial charge on any atom is 0.254 e. The fraction of sp³-hybridized carbons (Fsp3) is 0.269. The van der Waals surface area contributed by atoms with Gasteiger partial charge < -0.3 is 10.2 Å². The zero-order chi connectivity index (χ0) is 22.3. The highest BCUT2D eigenvalue weighted by Crippen LogP contribution is 2.22. The molecule has 31 heavy (non-hydrogen) atoms. The fourth-order valence-electron chi connectivity index (χ4n) is 3.42. The average Bonchev–Trinajstić information content (AvgIpc) is 2.82. The topological polar surface area (TPSA) is 53.6 Å². The van der Waals surface area contributed by atoms with Crippen molar-refractivity contribution in [1.29, 1.82) is 0 Å². The lowest BCUT2D eigenvalue weighted by Gasteiger charge is -2.41. The van der Waals surface area contributed by atoms with Crippen molar-refractivity contribution in [2.45, 2.75) is 32.2 Å². The number of hydrogen-bond donors (Lipinski definition) is 2. The maximum absolute atomic E-state index is 13.2. The van der Waals surface area contributed by atoms with Crippen molar-refractivity contribution in [1.82, 2.24) is 15.7 Å². The molecule has 0 radical (unpaired) electrons. The van der Waals surface area contributed by atoms with Gasteiger partial charge in [-0.05, 0) is 49.7 Å². The lowest BCUT2D eigenvalue weighted by Crippen LogP contribution is -2.63. The summed E-state index contributed by atoms with van der Waals surface area (Å²) in [6.07, 6.45) is -0.270. The van der Waals surface area contributed by atoms with Crippen molar-refractivity contribution in [3.8, 4) is 11.1 Å². The molecule has 3 rings (SSSR count). The van der Waals surface area contributed by atoms with E-state index in [1.807, 2.05) is 101 Å². The van der Waals surface area contributed by atoms with E-state index in [-0.39, 0.29) is 12.1 Å². The minimum atomic E-state index is -0.555. The molecule has 0 aromatic heterocycles. The summed E-state index contributed by atoms with van der Waals surface area (Å²) >= 11 is 0. The van der Waals surface area contributed by atoms with Gasteiger partial charge in [-0.15, -0.1) is 0 Å². The Morgan fingerprint density at radius 2 is 1.45 bits per heavy atom. The molecule has 3 aromatic rings. The Morgan fingerprint density at radius 3 is 2.03 bits per heavy atom. The lowest BCUT2D eigenvalue weighted by atomic mass is 9.97. The van der Waals surface area contributed by atoms with Gasteiger partial charge in [0.2, 0.25) is 0 Å². The highest BCUT2D eigenvalue weighted by molar-refractivity contribution is 5.95. The summed E-state index contributed by atoms with van der Waals surface area (Å²) in [6.45, 7) is 4.44. The second-order valence-corrected chi connectivity index (χ2v) is 8.08. The number of amides is 1. The molecule has 0 bridgehead atoms. The van der Waals surface area contributed by atoms with Gasteiger partial charge in [-0.1, -0.05) is 72.8 Å². The Balaban J connectivity index is 1.65. The Hall–Kier alpha value is -2.99. The summed E-state index contributed by atoms with van der Waals surface area (Å²) in [7, 11) is 3.66. The molecule has 5 nitrogen and oxygen atoms in total. The molecule has 1 unspecified atom stereocenters. The van der Waals surface area contributed by atoms with E-state index in [1.54, 1.807) is 4.90 Å². The zero-order valence-corrected chi connectivity index (χ0v) is 18.6. The first-order valence-corrected chi connectivity index (χ1v) is 10.5. The first-order valence-electron chi connectivity index (χ1n) is 10.5. The predicted octanol–water partition coefficient (Wildman–Crippen LogP) is 4.47. The molecule has 0 fully saturated rings. The Labute approximate surface area is 185 Å². The number of carbonyl (C=O) groups excluding carboxylic acids is 1. The second-order valence-electron chi connectivity index (χ2n) is 8.08. The third-order valence-electron chi connectivity index (χ3n) is 5.69. The molecular weight excluding hydrogens is 386 g/mol. The molecular formula is C26H31N3O2. The molecule has 0 aliphatic rings. The predicted molar refractivity (Wildman–Crippen MR) is 125 cm³/mol. The molecule has 0 aliphatic carbocycles. The van der Waals surface area contributed by atoms with Crippen LogP contribution in [0.15, 0.2) is 84.9 Å². The van der Waals surface area contributed by atoms with Crippen LogP contribution in [0.25, 0.3) is 11.1 Å². The van der Waals surface area contributed by atoms with E-state index in [4.69, 9.17) is 4.84 Å². The van der Waals surface area contributed by atoms with Crippen LogP contribution >= 0.6 is 0 Å². The molecule has 0 aliphatic heterocycles. The summed E-state index contributed by atoms with van der Waals surface area (Å²) < 4.78 is 0. The molecule has 0 spiro atoms. The van der Waals surface area contributed by atoms with Gasteiger partial charge >= 0.3 is 0 Å². The molecule has 5 heteroatoms. The van der Waals surface area contributed by atoms with E-state index >= 15 is 0 Å². The van der Waals surface area contributed by atoms with Crippen LogP contribution in [-0.2, 0) is 11.4 Å². The van der Waals surface area contributed by atoms with E-state index < -0.39 is 5.54 Å². The van der Waals surface area contributed by atoms with E-state index in [0.29, 0.717) is 12.2 Å². The molecule has 2 N–H and O–H groups in total. The number of hydrogen-bond acceptors (Lipinski definition) is 4. The summed E-state index contributed by atoms with van der Waals surface area (Å²) in [6, 6.07) is 27.8. The van der Waals surface area contributed by atoms with Crippen LogP contribution in [0.1, 0.15) is 29.8 Å². The standard InChI is InChI=1S/C26H31N3O2/c1-26(2,25(27-3)28-31-19-20-11-7-5-8-12-20)29(4)24(30)23-17-15-22(16-18-23)21-13-9-6-10-14-21/h5-18,25,27-28H,19H2,1-4H3. The van der Waals surface area contributed by atoms with Crippen LogP contribution in [0.2, 0.25) is 0 Å². The maximum atomic E-state index is 13.2. The van der Waals surface area contributed by atoms with E-state index in [1.165, 1.54) is 0 Å². The van der Waals surface area contributed by atoms with Gasteiger partial charge in [-0.25, -0.2) is 0 Å². The number of nitrogens with one attached hydrogen (secondary N) is 2. The summed E-state index contributed by atoms with van der Waals surface area (Å²) in [5.74, 6) is -0.0466. The number of nitrogens with zero attached hydrogens (tertiary/aromatic N) is 1. The van der Waals surface area contributed by atoms with Gasteiger partial charge in [-0.2, -0.15) is 5.48 Å². The molecule has 162 valence electrons. The minimum Gasteiger partial charge on any atom is -0.334 e. The SMILES string of the molecule is CNC(NOCc1ccccc1)C(C)(C)N(C)C(=O)c1ccc(-c2ccccc2)cc1. The largest absolute Gasteiger partial charge is 0.334 e. The summed E-state index contributed by atoms with van der Waals surface area (Å²) in [5, 5.41) is 3.22. The third-order valence-corrected chi connectivity index (χ3v) is 5.69. The Morgan fingerprint density at radius 1 is 0.903 bits per heavy atom. The highest BCUT2D eigenvalue weighted by atomic mass is 16.6. The van der Waals surface area contributed by atoms with Crippen molar-refractivity contribution in [3.63, 3.8) is 0 Å². The quantitative estimate of drug-likeness (QED) is 0.398. The van der Waals surface area contributed by atoms with Crippen molar-refractivity contribution in [2.24, 2.45) is 0 Å². The van der Waals surface area contributed by atoms with Gasteiger partial charge in [0.15, 0.2) is 0 Å². The monoisotopic (exact) mass is 417 g/mol. The number of likely N-dealkylation sites (N-methyl/N-ethyl adjacent to an activating group) is 2. The van der Waals surface area contributed by atoms with Gasteiger partial charge in [-0.3, -0.25) is 9.63 Å². The van der Waals surface area contributed by atoms with Crippen LogP contribution in [-0.4, -0.2) is 36.6 Å². The molecule has 0 heterocycles. The smallest absolute Gasteiger partial charge is 0.254 e. The first kappa shape index (κ1) is 22.7. The highest BCUT2D eigenvalue weighted by Gasteiger charge is 2.36. The van der Waals surface area contributed by atoms with Gasteiger partial charge in [0.1, 0.15) is 6.17 Å². The molecule has 0 saturated heterocycles. The summed E-state index contributed by atoms with van der Waals surface area (Å²) in [5.41, 5.74) is 6.46. The van der Waals surface area contributed by atoms with Crippen LogP contribution in [0.4, 0.5) is 0 Å². The Kier molecular flexibility index (Phi) is 7.58. The van der Waals surface area contributed by atoms with Gasteiger partial charge in [0.05, 0.1) is 12.1 Å².